The minimum absolute atomic E-state index is 0.212. The third-order valence-corrected chi connectivity index (χ3v) is 4.11. The lowest BCUT2D eigenvalue weighted by Crippen LogP contribution is -2.16. The van der Waals surface area contributed by atoms with E-state index in [-0.39, 0.29) is 5.91 Å². The molecule has 0 saturated heterocycles. The first-order chi connectivity index (χ1) is 10.7. The third-order valence-electron chi connectivity index (χ3n) is 2.99. The second-order valence-corrected chi connectivity index (χ2v) is 5.84. The molecule has 6 heteroatoms. The molecule has 0 saturated carbocycles. The number of nitrogens with zero attached hydrogens (tertiary/aromatic N) is 2. The average molecular weight is 330 g/mol. The molecule has 1 amide bonds. The fraction of sp³-hybridized carbons (Fsp3) is 0. The van der Waals surface area contributed by atoms with Crippen molar-refractivity contribution in [2.45, 2.75) is 0 Å². The van der Waals surface area contributed by atoms with Crippen molar-refractivity contribution in [3.05, 3.63) is 75.7 Å². The fourth-order valence-electron chi connectivity index (χ4n) is 1.96. The van der Waals surface area contributed by atoms with E-state index in [9.17, 15) is 4.79 Å². The van der Waals surface area contributed by atoms with Crippen molar-refractivity contribution in [2.24, 2.45) is 5.10 Å². The maximum atomic E-state index is 11.8. The molecule has 1 aromatic carbocycles. The van der Waals surface area contributed by atoms with Gasteiger partial charge in [-0.15, -0.1) is 11.3 Å². The summed E-state index contributed by atoms with van der Waals surface area (Å²) < 4.78 is 1.96. The first-order valence-corrected chi connectivity index (χ1v) is 7.80. The Kier molecular flexibility index (Phi) is 4.37. The van der Waals surface area contributed by atoms with E-state index in [0.29, 0.717) is 9.90 Å². The second kappa shape index (κ2) is 6.60. The fourth-order valence-corrected chi connectivity index (χ4v) is 2.70. The Morgan fingerprint density at radius 2 is 2.00 bits per heavy atom. The largest absolute Gasteiger partial charge is 0.316 e. The maximum Gasteiger partial charge on any atom is 0.281 e. The molecule has 0 aliphatic rings. The van der Waals surface area contributed by atoms with Crippen LogP contribution in [-0.2, 0) is 0 Å². The Hall–Kier alpha value is -2.37. The summed E-state index contributed by atoms with van der Waals surface area (Å²) in [5, 5.41) is 6.55. The van der Waals surface area contributed by atoms with Crippen LogP contribution in [0.25, 0.3) is 5.69 Å². The molecule has 22 heavy (non-hydrogen) atoms. The smallest absolute Gasteiger partial charge is 0.281 e. The zero-order valence-corrected chi connectivity index (χ0v) is 13.0. The van der Waals surface area contributed by atoms with Crippen LogP contribution in [0, 0.1) is 0 Å². The number of hydrazone groups is 1. The molecule has 3 rings (SSSR count). The summed E-state index contributed by atoms with van der Waals surface area (Å²) in [6.45, 7) is 0. The van der Waals surface area contributed by atoms with Crippen molar-refractivity contribution in [3.8, 4) is 5.69 Å². The molecular formula is C16H12ClN3OS. The maximum absolute atomic E-state index is 11.8. The zero-order chi connectivity index (χ0) is 15.4. The van der Waals surface area contributed by atoms with Crippen LogP contribution < -0.4 is 5.43 Å². The lowest BCUT2D eigenvalue weighted by atomic mass is 10.3. The van der Waals surface area contributed by atoms with Crippen molar-refractivity contribution in [3.63, 3.8) is 0 Å². The van der Waals surface area contributed by atoms with Crippen LogP contribution in [0.15, 0.2) is 65.2 Å². The van der Waals surface area contributed by atoms with Gasteiger partial charge in [0.15, 0.2) is 0 Å². The summed E-state index contributed by atoms with van der Waals surface area (Å²) in [5.41, 5.74) is 4.35. The Labute approximate surface area is 136 Å². The van der Waals surface area contributed by atoms with Gasteiger partial charge in [0.1, 0.15) is 0 Å². The van der Waals surface area contributed by atoms with Gasteiger partial charge in [-0.25, -0.2) is 5.43 Å². The van der Waals surface area contributed by atoms with Gasteiger partial charge in [-0.1, -0.05) is 17.7 Å². The highest BCUT2D eigenvalue weighted by Gasteiger charge is 2.05. The standard InChI is InChI=1S/C16H12ClN3OS/c17-12-5-7-13(8-6-12)20-9-1-3-14(20)11-18-19-16(21)15-4-2-10-22-15/h1-11H,(H,19,21)/b18-11+. The van der Waals surface area contributed by atoms with Crippen molar-refractivity contribution in [1.29, 1.82) is 0 Å². The molecule has 0 fully saturated rings. The summed E-state index contributed by atoms with van der Waals surface area (Å²) >= 11 is 7.27. The molecule has 2 aromatic heterocycles. The Balaban J connectivity index is 1.74. The number of benzene rings is 1. The Bertz CT molecular complexity index is 791. The topological polar surface area (TPSA) is 46.4 Å². The molecule has 2 heterocycles. The molecular weight excluding hydrogens is 318 g/mol. The zero-order valence-electron chi connectivity index (χ0n) is 11.4. The molecule has 0 unspecified atom stereocenters. The van der Waals surface area contributed by atoms with E-state index in [1.807, 2.05) is 58.6 Å². The lowest BCUT2D eigenvalue weighted by molar-refractivity contribution is 0.0959. The van der Waals surface area contributed by atoms with Crippen LogP contribution in [0.3, 0.4) is 0 Å². The highest BCUT2D eigenvalue weighted by Crippen LogP contribution is 2.15. The molecule has 0 spiro atoms. The summed E-state index contributed by atoms with van der Waals surface area (Å²) in [6, 6.07) is 14.9. The predicted octanol–water partition coefficient (Wildman–Crippen LogP) is 3.96. The van der Waals surface area contributed by atoms with E-state index >= 15 is 0 Å². The highest BCUT2D eigenvalue weighted by atomic mass is 35.5. The van der Waals surface area contributed by atoms with Gasteiger partial charge in [0.25, 0.3) is 5.91 Å². The summed E-state index contributed by atoms with van der Waals surface area (Å²) in [5.74, 6) is -0.212. The van der Waals surface area contributed by atoms with Crippen LogP contribution in [0.5, 0.6) is 0 Å². The lowest BCUT2D eigenvalue weighted by Gasteiger charge is -2.06. The predicted molar refractivity (Wildman–Crippen MR) is 90.2 cm³/mol. The molecule has 110 valence electrons. The molecule has 4 nitrogen and oxygen atoms in total. The first kappa shape index (κ1) is 14.6. The van der Waals surface area contributed by atoms with Crippen LogP contribution in [0.1, 0.15) is 15.4 Å². The van der Waals surface area contributed by atoms with Gasteiger partial charge >= 0.3 is 0 Å². The SMILES string of the molecule is O=C(N/N=C/c1cccn1-c1ccc(Cl)cc1)c1cccs1. The van der Waals surface area contributed by atoms with Gasteiger partial charge in [0, 0.05) is 16.9 Å². The summed E-state index contributed by atoms with van der Waals surface area (Å²) in [6.07, 6.45) is 3.53. The monoisotopic (exact) mass is 329 g/mol. The quantitative estimate of drug-likeness (QED) is 0.571. The number of thiophene rings is 1. The highest BCUT2D eigenvalue weighted by molar-refractivity contribution is 7.12. The van der Waals surface area contributed by atoms with Crippen molar-refractivity contribution < 1.29 is 4.79 Å². The van der Waals surface area contributed by atoms with Crippen molar-refractivity contribution in [1.82, 2.24) is 9.99 Å². The van der Waals surface area contributed by atoms with E-state index in [1.165, 1.54) is 11.3 Å². The molecule has 3 aromatic rings. The van der Waals surface area contributed by atoms with E-state index in [4.69, 9.17) is 11.6 Å². The number of hydrogen-bond acceptors (Lipinski definition) is 3. The van der Waals surface area contributed by atoms with Crippen LogP contribution in [-0.4, -0.2) is 16.7 Å². The minimum Gasteiger partial charge on any atom is -0.316 e. The molecule has 0 radical (unpaired) electrons. The number of halogens is 1. The van der Waals surface area contributed by atoms with Crippen molar-refractivity contribution in [2.75, 3.05) is 0 Å². The Morgan fingerprint density at radius 1 is 1.18 bits per heavy atom. The number of aromatic nitrogens is 1. The average Bonchev–Trinajstić information content (AvgIpc) is 3.19. The van der Waals surface area contributed by atoms with Gasteiger partial charge in [-0.3, -0.25) is 4.79 Å². The van der Waals surface area contributed by atoms with E-state index in [2.05, 4.69) is 10.5 Å². The van der Waals surface area contributed by atoms with E-state index in [0.717, 1.165) is 11.4 Å². The summed E-state index contributed by atoms with van der Waals surface area (Å²) in [4.78, 5) is 12.4. The number of amides is 1. The molecule has 0 aliphatic heterocycles. The number of rotatable bonds is 4. The number of carbonyl (C=O) groups excluding carboxylic acids is 1. The second-order valence-electron chi connectivity index (χ2n) is 4.46. The van der Waals surface area contributed by atoms with Crippen LogP contribution in [0.4, 0.5) is 0 Å². The first-order valence-electron chi connectivity index (χ1n) is 6.54. The minimum atomic E-state index is -0.212. The van der Waals surface area contributed by atoms with Gasteiger partial charge in [0.2, 0.25) is 0 Å². The van der Waals surface area contributed by atoms with Gasteiger partial charge in [-0.05, 0) is 47.8 Å². The Morgan fingerprint density at radius 3 is 2.73 bits per heavy atom. The van der Waals surface area contributed by atoms with Gasteiger partial charge < -0.3 is 4.57 Å². The summed E-state index contributed by atoms with van der Waals surface area (Å²) in [7, 11) is 0. The third kappa shape index (κ3) is 3.27. The molecule has 0 atom stereocenters. The van der Waals surface area contributed by atoms with Crippen LogP contribution in [0.2, 0.25) is 5.02 Å². The number of nitrogens with one attached hydrogen (secondary N) is 1. The van der Waals surface area contributed by atoms with Gasteiger partial charge in [-0.2, -0.15) is 5.10 Å². The van der Waals surface area contributed by atoms with E-state index in [1.54, 1.807) is 12.3 Å². The van der Waals surface area contributed by atoms with Crippen molar-refractivity contribution >= 4 is 35.1 Å². The van der Waals surface area contributed by atoms with E-state index < -0.39 is 0 Å². The number of carbonyl (C=O) groups is 1. The van der Waals surface area contributed by atoms with Gasteiger partial charge in [0.05, 0.1) is 16.8 Å². The molecule has 0 bridgehead atoms. The molecule has 0 aliphatic carbocycles. The number of hydrogen-bond donors (Lipinski definition) is 1. The van der Waals surface area contributed by atoms with Crippen LogP contribution >= 0.6 is 22.9 Å². The molecule has 1 N–H and O–H groups in total. The normalized spacial score (nSPS) is 11.0.